The summed E-state index contributed by atoms with van der Waals surface area (Å²) in [5, 5.41) is 5.59. The molecule has 0 radical (unpaired) electrons. The zero-order chi connectivity index (χ0) is 16.8. The van der Waals surface area contributed by atoms with Gasteiger partial charge < -0.3 is 15.2 Å². The average molecular weight is 314 g/mol. The van der Waals surface area contributed by atoms with E-state index in [4.69, 9.17) is 0 Å². The third-order valence-corrected chi connectivity index (χ3v) is 3.46. The Hall–Kier alpha value is -2.63. The highest BCUT2D eigenvalue weighted by Crippen LogP contribution is 2.23. The molecule has 1 aromatic carbocycles. The number of nitrogens with one attached hydrogen (secondary N) is 2. The number of aromatic nitrogens is 2. The van der Waals surface area contributed by atoms with E-state index < -0.39 is 0 Å². The minimum atomic E-state index is -0.171. The molecule has 0 atom stereocenters. The summed E-state index contributed by atoms with van der Waals surface area (Å²) in [6.45, 7) is 5.99. The second-order valence-corrected chi connectivity index (χ2v) is 5.42. The second-order valence-electron chi connectivity index (χ2n) is 5.42. The van der Waals surface area contributed by atoms with Crippen molar-refractivity contribution in [3.8, 4) is 0 Å². The molecule has 0 unspecified atom stereocenters. The first-order chi connectivity index (χ1) is 11.0. The number of hydrogen-bond donors (Lipinski definition) is 2. The van der Waals surface area contributed by atoms with Crippen molar-refractivity contribution < 1.29 is 9.59 Å². The summed E-state index contributed by atoms with van der Waals surface area (Å²) in [5.41, 5.74) is 2.23. The van der Waals surface area contributed by atoms with Gasteiger partial charge in [0.25, 0.3) is 0 Å². The van der Waals surface area contributed by atoms with Crippen molar-refractivity contribution in [2.75, 3.05) is 10.6 Å². The molecule has 122 valence electrons. The normalized spacial score (nSPS) is 10.4. The first-order valence-electron chi connectivity index (χ1n) is 7.67. The summed E-state index contributed by atoms with van der Waals surface area (Å²) in [5.74, 6) is 0.695. The zero-order valence-corrected chi connectivity index (χ0v) is 13.7. The molecule has 6 heteroatoms. The lowest BCUT2D eigenvalue weighted by Crippen LogP contribution is -2.17. The molecule has 1 aromatic heterocycles. The van der Waals surface area contributed by atoms with Gasteiger partial charge >= 0.3 is 0 Å². The van der Waals surface area contributed by atoms with E-state index in [1.54, 1.807) is 12.3 Å². The number of aryl methyl sites for hydroxylation is 3. The lowest BCUT2D eigenvalue weighted by Gasteiger charge is -2.13. The predicted molar refractivity (Wildman–Crippen MR) is 90.3 cm³/mol. The number of anilines is 2. The highest BCUT2D eigenvalue weighted by Gasteiger charge is 2.09. The summed E-state index contributed by atoms with van der Waals surface area (Å²) < 4.78 is 1.98. The first kappa shape index (κ1) is 16.7. The van der Waals surface area contributed by atoms with Gasteiger partial charge in [0.2, 0.25) is 11.8 Å². The molecule has 23 heavy (non-hydrogen) atoms. The largest absolute Gasteiger partial charge is 0.334 e. The Kier molecular flexibility index (Phi) is 5.51. The van der Waals surface area contributed by atoms with Gasteiger partial charge in [0.1, 0.15) is 5.82 Å². The predicted octanol–water partition coefficient (Wildman–Crippen LogP) is 2.74. The van der Waals surface area contributed by atoms with Gasteiger partial charge in [0, 0.05) is 38.7 Å². The zero-order valence-electron chi connectivity index (χ0n) is 13.7. The molecule has 1 heterocycles. The van der Waals surface area contributed by atoms with Gasteiger partial charge in [-0.2, -0.15) is 0 Å². The van der Waals surface area contributed by atoms with Crippen molar-refractivity contribution in [2.24, 2.45) is 0 Å². The standard InChI is InChI=1S/C17H22N4O2/c1-4-16-18-8-10-21(16)9-7-17(23)20-15-11-12(2)5-6-14(15)19-13(3)22/h5-6,8,10-11H,4,7,9H2,1-3H3,(H,19,22)(H,20,23). The maximum absolute atomic E-state index is 12.2. The maximum atomic E-state index is 12.2. The third-order valence-electron chi connectivity index (χ3n) is 3.46. The smallest absolute Gasteiger partial charge is 0.226 e. The van der Waals surface area contributed by atoms with Gasteiger partial charge in [-0.05, 0) is 24.6 Å². The van der Waals surface area contributed by atoms with Crippen LogP contribution in [-0.4, -0.2) is 21.4 Å². The van der Waals surface area contributed by atoms with Gasteiger partial charge in [-0.3, -0.25) is 9.59 Å². The van der Waals surface area contributed by atoms with Crippen molar-refractivity contribution >= 4 is 23.2 Å². The minimum absolute atomic E-state index is 0.0991. The number of amides is 2. The molecule has 0 aliphatic rings. The molecule has 2 amide bonds. The van der Waals surface area contributed by atoms with Crippen LogP contribution in [0.5, 0.6) is 0 Å². The summed E-state index contributed by atoms with van der Waals surface area (Å²) >= 11 is 0. The Bertz CT molecular complexity index is 706. The highest BCUT2D eigenvalue weighted by atomic mass is 16.2. The number of hydrogen-bond acceptors (Lipinski definition) is 3. The first-order valence-corrected chi connectivity index (χ1v) is 7.67. The fourth-order valence-corrected chi connectivity index (χ4v) is 2.35. The molecule has 2 rings (SSSR count). The van der Waals surface area contributed by atoms with Crippen molar-refractivity contribution in [2.45, 2.75) is 40.2 Å². The Labute approximate surface area is 135 Å². The van der Waals surface area contributed by atoms with E-state index in [0.29, 0.717) is 24.3 Å². The van der Waals surface area contributed by atoms with E-state index in [1.165, 1.54) is 6.92 Å². The Morgan fingerprint density at radius 2 is 2.00 bits per heavy atom. The fraction of sp³-hybridized carbons (Fsp3) is 0.353. The minimum Gasteiger partial charge on any atom is -0.334 e. The molecule has 0 spiro atoms. The van der Waals surface area contributed by atoms with Crippen LogP contribution in [0.25, 0.3) is 0 Å². The van der Waals surface area contributed by atoms with Crippen LogP contribution in [-0.2, 0) is 22.6 Å². The SMILES string of the molecule is CCc1nccn1CCC(=O)Nc1cc(C)ccc1NC(C)=O. The van der Waals surface area contributed by atoms with Crippen LogP contribution in [0, 0.1) is 6.92 Å². The number of carbonyl (C=O) groups is 2. The summed E-state index contributed by atoms with van der Waals surface area (Å²) in [6.07, 6.45) is 4.80. The van der Waals surface area contributed by atoms with Crippen LogP contribution in [0.2, 0.25) is 0 Å². The molecular weight excluding hydrogens is 292 g/mol. The van der Waals surface area contributed by atoms with Crippen molar-refractivity contribution in [1.82, 2.24) is 9.55 Å². The number of carbonyl (C=O) groups excluding carboxylic acids is 2. The Morgan fingerprint density at radius 1 is 1.22 bits per heavy atom. The fourth-order valence-electron chi connectivity index (χ4n) is 2.35. The van der Waals surface area contributed by atoms with Crippen molar-refractivity contribution in [3.63, 3.8) is 0 Å². The topological polar surface area (TPSA) is 76.0 Å². The molecule has 0 aliphatic carbocycles. The average Bonchev–Trinajstić information content (AvgIpc) is 2.95. The van der Waals surface area contributed by atoms with Gasteiger partial charge in [-0.1, -0.05) is 13.0 Å². The van der Waals surface area contributed by atoms with Crippen LogP contribution < -0.4 is 10.6 Å². The van der Waals surface area contributed by atoms with E-state index in [-0.39, 0.29) is 11.8 Å². The molecule has 0 fully saturated rings. The van der Waals surface area contributed by atoms with Crippen LogP contribution in [0.4, 0.5) is 11.4 Å². The summed E-state index contributed by atoms with van der Waals surface area (Å²) in [4.78, 5) is 27.7. The molecule has 6 nitrogen and oxygen atoms in total. The van der Waals surface area contributed by atoms with Crippen LogP contribution in [0.3, 0.4) is 0 Å². The molecule has 0 saturated carbocycles. The van der Waals surface area contributed by atoms with Crippen molar-refractivity contribution in [3.05, 3.63) is 42.0 Å². The van der Waals surface area contributed by atoms with E-state index in [2.05, 4.69) is 15.6 Å². The maximum Gasteiger partial charge on any atom is 0.226 e. The highest BCUT2D eigenvalue weighted by molar-refractivity contribution is 5.98. The number of imidazole rings is 1. The van der Waals surface area contributed by atoms with Crippen LogP contribution in [0.1, 0.15) is 31.7 Å². The Morgan fingerprint density at radius 3 is 2.70 bits per heavy atom. The van der Waals surface area contributed by atoms with Gasteiger partial charge in [0.05, 0.1) is 11.4 Å². The molecule has 2 N–H and O–H groups in total. The molecule has 0 bridgehead atoms. The van der Waals surface area contributed by atoms with Crippen LogP contribution >= 0.6 is 0 Å². The molecular formula is C17H22N4O2. The van der Waals surface area contributed by atoms with E-state index >= 15 is 0 Å². The summed E-state index contributed by atoms with van der Waals surface area (Å²) in [6, 6.07) is 5.52. The van der Waals surface area contributed by atoms with Gasteiger partial charge in [-0.25, -0.2) is 4.98 Å². The van der Waals surface area contributed by atoms with Crippen LogP contribution in [0.15, 0.2) is 30.6 Å². The van der Waals surface area contributed by atoms with Gasteiger partial charge in [0.15, 0.2) is 0 Å². The quantitative estimate of drug-likeness (QED) is 0.861. The van der Waals surface area contributed by atoms with Crippen molar-refractivity contribution in [1.29, 1.82) is 0 Å². The van der Waals surface area contributed by atoms with E-state index in [0.717, 1.165) is 17.8 Å². The monoisotopic (exact) mass is 314 g/mol. The van der Waals surface area contributed by atoms with E-state index in [1.807, 2.05) is 36.7 Å². The number of nitrogens with zero attached hydrogens (tertiary/aromatic N) is 2. The third kappa shape index (κ3) is 4.67. The lowest BCUT2D eigenvalue weighted by molar-refractivity contribution is -0.116. The van der Waals surface area contributed by atoms with Gasteiger partial charge in [-0.15, -0.1) is 0 Å². The number of benzene rings is 1. The molecule has 0 aliphatic heterocycles. The Balaban J connectivity index is 2.02. The second kappa shape index (κ2) is 7.58. The molecule has 2 aromatic rings. The lowest BCUT2D eigenvalue weighted by atomic mass is 10.2. The van der Waals surface area contributed by atoms with E-state index in [9.17, 15) is 9.59 Å². The number of rotatable bonds is 6. The molecule has 0 saturated heterocycles. The summed E-state index contributed by atoms with van der Waals surface area (Å²) in [7, 11) is 0.